The third-order valence-electron chi connectivity index (χ3n) is 5.71. The number of non-ortho nitro benzene ring substituents is 1. The second-order valence-corrected chi connectivity index (χ2v) is 7.70. The predicted octanol–water partition coefficient (Wildman–Crippen LogP) is 5.52. The van der Waals surface area contributed by atoms with Crippen molar-refractivity contribution in [3.8, 4) is 11.1 Å². The Morgan fingerprint density at radius 3 is 2.50 bits per heavy atom. The first kappa shape index (κ1) is 19.9. The maximum atomic E-state index is 13.2. The smallest absolute Gasteiger partial charge is 0.269 e. The first-order chi connectivity index (χ1) is 15.5. The molecule has 0 radical (unpaired) electrons. The van der Waals surface area contributed by atoms with E-state index in [9.17, 15) is 19.3 Å². The van der Waals surface area contributed by atoms with Gasteiger partial charge in [0.2, 0.25) is 5.89 Å². The number of halogens is 1. The van der Waals surface area contributed by atoms with Crippen LogP contribution in [0.4, 0.5) is 10.1 Å². The summed E-state index contributed by atoms with van der Waals surface area (Å²) in [4.78, 5) is 29.8. The fraction of sp³-hybridized carbons (Fsp3) is 0.167. The van der Waals surface area contributed by atoms with Crippen LogP contribution < -0.4 is 0 Å². The lowest BCUT2D eigenvalue weighted by atomic mass is 10.1. The van der Waals surface area contributed by atoms with Gasteiger partial charge in [0.15, 0.2) is 5.58 Å². The lowest BCUT2D eigenvalue weighted by Crippen LogP contribution is -2.30. The van der Waals surface area contributed by atoms with E-state index in [0.29, 0.717) is 29.1 Å². The van der Waals surface area contributed by atoms with Gasteiger partial charge in [0.1, 0.15) is 17.4 Å². The van der Waals surface area contributed by atoms with Crippen molar-refractivity contribution >= 4 is 22.7 Å². The SMILES string of the molecule is O=C(c1ccc([N+](=O)[O-])cc1)N1CCCC1c1nc2cc(-c3ccc(F)cc3)ccc2o1. The Balaban J connectivity index is 1.42. The van der Waals surface area contributed by atoms with Crippen LogP contribution in [-0.4, -0.2) is 27.3 Å². The van der Waals surface area contributed by atoms with Gasteiger partial charge in [-0.2, -0.15) is 0 Å². The Kier molecular flexibility index (Phi) is 4.89. The minimum Gasteiger partial charge on any atom is -0.438 e. The zero-order valence-corrected chi connectivity index (χ0v) is 16.9. The molecule has 1 atom stereocenters. The summed E-state index contributed by atoms with van der Waals surface area (Å²) in [5.41, 5.74) is 3.36. The summed E-state index contributed by atoms with van der Waals surface area (Å²) in [6.07, 6.45) is 1.53. The van der Waals surface area contributed by atoms with Crippen molar-refractivity contribution in [3.63, 3.8) is 0 Å². The Morgan fingerprint density at radius 1 is 1.06 bits per heavy atom. The highest BCUT2D eigenvalue weighted by Gasteiger charge is 2.34. The molecule has 3 aromatic carbocycles. The quantitative estimate of drug-likeness (QED) is 0.314. The first-order valence-corrected chi connectivity index (χ1v) is 10.2. The lowest BCUT2D eigenvalue weighted by Gasteiger charge is -2.22. The summed E-state index contributed by atoms with van der Waals surface area (Å²) in [7, 11) is 0. The van der Waals surface area contributed by atoms with Crippen molar-refractivity contribution in [2.24, 2.45) is 0 Å². The van der Waals surface area contributed by atoms with E-state index in [1.54, 1.807) is 17.0 Å². The van der Waals surface area contributed by atoms with E-state index in [-0.39, 0.29) is 23.5 Å². The molecular weight excluding hydrogens is 413 g/mol. The maximum absolute atomic E-state index is 13.2. The molecule has 1 amide bonds. The highest BCUT2D eigenvalue weighted by molar-refractivity contribution is 5.95. The second kappa shape index (κ2) is 7.88. The summed E-state index contributed by atoms with van der Waals surface area (Å²) in [6.45, 7) is 0.556. The molecule has 0 bridgehead atoms. The number of benzene rings is 3. The van der Waals surface area contributed by atoms with Gasteiger partial charge in [-0.3, -0.25) is 14.9 Å². The molecule has 1 aliphatic rings. The largest absolute Gasteiger partial charge is 0.438 e. The van der Waals surface area contributed by atoms with Crippen LogP contribution >= 0.6 is 0 Å². The van der Waals surface area contributed by atoms with Gasteiger partial charge in [-0.1, -0.05) is 18.2 Å². The maximum Gasteiger partial charge on any atom is 0.269 e. The Bertz CT molecular complexity index is 1320. The topological polar surface area (TPSA) is 89.5 Å². The number of carbonyl (C=O) groups is 1. The average Bonchev–Trinajstić information content (AvgIpc) is 3.45. The van der Waals surface area contributed by atoms with Crippen molar-refractivity contribution in [1.29, 1.82) is 0 Å². The van der Waals surface area contributed by atoms with Crippen LogP contribution in [0.5, 0.6) is 0 Å². The number of hydrogen-bond donors (Lipinski definition) is 0. The molecular formula is C24H18FN3O4. The Morgan fingerprint density at radius 2 is 1.78 bits per heavy atom. The number of nitrogens with zero attached hydrogens (tertiary/aromatic N) is 3. The first-order valence-electron chi connectivity index (χ1n) is 10.2. The zero-order chi connectivity index (χ0) is 22.2. The number of fused-ring (bicyclic) bond motifs is 1. The van der Waals surface area contributed by atoms with Crippen molar-refractivity contribution in [2.45, 2.75) is 18.9 Å². The number of hydrogen-bond acceptors (Lipinski definition) is 5. The minimum atomic E-state index is -0.495. The molecule has 1 aliphatic heterocycles. The van der Waals surface area contributed by atoms with Gasteiger partial charge in [-0.25, -0.2) is 9.37 Å². The predicted molar refractivity (Wildman–Crippen MR) is 116 cm³/mol. The minimum absolute atomic E-state index is 0.0598. The summed E-state index contributed by atoms with van der Waals surface area (Å²) >= 11 is 0. The summed E-state index contributed by atoms with van der Waals surface area (Å²) in [5.74, 6) is -0.0433. The number of rotatable bonds is 4. The van der Waals surface area contributed by atoms with Crippen molar-refractivity contribution in [3.05, 3.63) is 94.1 Å². The van der Waals surface area contributed by atoms with Crippen LogP contribution in [0.1, 0.15) is 35.1 Å². The van der Waals surface area contributed by atoms with E-state index in [2.05, 4.69) is 4.98 Å². The number of nitro groups is 1. The molecule has 5 rings (SSSR count). The number of aromatic nitrogens is 1. The number of carbonyl (C=O) groups excluding carboxylic acids is 1. The molecule has 160 valence electrons. The monoisotopic (exact) mass is 431 g/mol. The molecule has 1 fully saturated rings. The van der Waals surface area contributed by atoms with Gasteiger partial charge in [-0.05, 0) is 60.4 Å². The van der Waals surface area contributed by atoms with E-state index in [0.717, 1.165) is 24.0 Å². The lowest BCUT2D eigenvalue weighted by molar-refractivity contribution is -0.384. The van der Waals surface area contributed by atoms with E-state index in [1.807, 2.05) is 18.2 Å². The third-order valence-corrected chi connectivity index (χ3v) is 5.71. The van der Waals surface area contributed by atoms with Crippen LogP contribution in [0.2, 0.25) is 0 Å². The Hall–Kier alpha value is -4.07. The summed E-state index contributed by atoms with van der Waals surface area (Å²) in [5, 5.41) is 10.9. The van der Waals surface area contributed by atoms with Crippen LogP contribution in [0.15, 0.2) is 71.1 Å². The van der Waals surface area contributed by atoms with E-state index < -0.39 is 4.92 Å². The molecule has 0 aliphatic carbocycles. The number of likely N-dealkylation sites (tertiary alicyclic amines) is 1. The summed E-state index contributed by atoms with van der Waals surface area (Å²) in [6, 6.07) is 17.1. The number of amides is 1. The van der Waals surface area contributed by atoms with E-state index >= 15 is 0 Å². The molecule has 1 unspecified atom stereocenters. The van der Waals surface area contributed by atoms with Crippen LogP contribution in [-0.2, 0) is 0 Å². The highest BCUT2D eigenvalue weighted by atomic mass is 19.1. The standard InChI is InChI=1S/C24H18FN3O4/c25-18-8-3-15(4-9-18)17-7-12-22-20(14-17)26-23(32-22)21-2-1-13-27(21)24(29)16-5-10-19(11-6-16)28(30)31/h3-12,14,21H,1-2,13H2. The van der Waals surface area contributed by atoms with E-state index in [1.165, 1.54) is 36.4 Å². The van der Waals surface area contributed by atoms with Crippen molar-refractivity contribution < 1.29 is 18.5 Å². The molecule has 2 heterocycles. The molecule has 8 heteroatoms. The Labute approximate surface area is 182 Å². The van der Waals surface area contributed by atoms with Crippen LogP contribution in [0.3, 0.4) is 0 Å². The van der Waals surface area contributed by atoms with Gasteiger partial charge in [0.05, 0.1) is 4.92 Å². The van der Waals surface area contributed by atoms with Gasteiger partial charge < -0.3 is 9.32 Å². The average molecular weight is 431 g/mol. The van der Waals surface area contributed by atoms with Crippen LogP contribution in [0.25, 0.3) is 22.2 Å². The molecule has 7 nitrogen and oxygen atoms in total. The molecule has 4 aromatic rings. The molecule has 0 N–H and O–H groups in total. The zero-order valence-electron chi connectivity index (χ0n) is 16.9. The second-order valence-electron chi connectivity index (χ2n) is 7.70. The number of oxazole rings is 1. The highest BCUT2D eigenvalue weighted by Crippen LogP contribution is 2.35. The molecule has 0 saturated carbocycles. The van der Waals surface area contributed by atoms with Crippen LogP contribution in [0, 0.1) is 15.9 Å². The fourth-order valence-electron chi connectivity index (χ4n) is 4.07. The van der Waals surface area contributed by atoms with Crippen molar-refractivity contribution in [1.82, 2.24) is 9.88 Å². The fourth-order valence-corrected chi connectivity index (χ4v) is 4.07. The molecule has 1 saturated heterocycles. The third kappa shape index (κ3) is 3.60. The van der Waals surface area contributed by atoms with Gasteiger partial charge in [-0.15, -0.1) is 0 Å². The van der Waals surface area contributed by atoms with Gasteiger partial charge in [0, 0.05) is 24.2 Å². The normalized spacial score (nSPS) is 15.9. The molecule has 1 aromatic heterocycles. The summed E-state index contributed by atoms with van der Waals surface area (Å²) < 4.78 is 19.2. The molecule has 32 heavy (non-hydrogen) atoms. The number of nitro benzene ring substituents is 1. The van der Waals surface area contributed by atoms with E-state index in [4.69, 9.17) is 4.42 Å². The van der Waals surface area contributed by atoms with Crippen molar-refractivity contribution in [2.75, 3.05) is 6.54 Å². The van der Waals surface area contributed by atoms with Gasteiger partial charge >= 0.3 is 0 Å². The molecule has 0 spiro atoms. The van der Waals surface area contributed by atoms with Gasteiger partial charge in [0.25, 0.3) is 11.6 Å².